The number of aryl methyl sites for hydroxylation is 1. The summed E-state index contributed by atoms with van der Waals surface area (Å²) < 4.78 is 26.4. The molecule has 0 saturated heterocycles. The summed E-state index contributed by atoms with van der Waals surface area (Å²) in [5, 5.41) is 24.3. The van der Waals surface area contributed by atoms with Crippen LogP contribution in [0.15, 0.2) is 82.4 Å². The molecule has 0 atom stereocenters. The van der Waals surface area contributed by atoms with E-state index in [1.165, 1.54) is 28.9 Å². The van der Waals surface area contributed by atoms with Crippen LogP contribution in [0.1, 0.15) is 17.3 Å². The van der Waals surface area contributed by atoms with Crippen LogP contribution in [0.3, 0.4) is 0 Å². The van der Waals surface area contributed by atoms with Gasteiger partial charge in [-0.1, -0.05) is 47.1 Å². The van der Waals surface area contributed by atoms with Crippen molar-refractivity contribution in [1.29, 1.82) is 0 Å². The molecule has 0 unspecified atom stereocenters. The number of rotatable bonds is 8. The predicted molar refractivity (Wildman–Crippen MR) is 127 cm³/mol. The molecule has 0 N–H and O–H groups in total. The summed E-state index contributed by atoms with van der Waals surface area (Å²) in [6.45, 7) is -0.101. The fourth-order valence-corrected chi connectivity index (χ4v) is 3.37. The minimum atomic E-state index is -0.372. The zero-order valence-electron chi connectivity index (χ0n) is 18.7. The van der Waals surface area contributed by atoms with Crippen molar-refractivity contribution in [2.24, 2.45) is 12.2 Å². The van der Waals surface area contributed by atoms with Crippen LogP contribution in [0.4, 0.5) is 4.39 Å². The molecule has 0 spiro atoms. The van der Waals surface area contributed by atoms with Crippen LogP contribution >= 0.6 is 11.6 Å². The second-order valence-corrected chi connectivity index (χ2v) is 7.84. The first-order valence-electron chi connectivity index (χ1n) is 10.6. The Hall–Kier alpha value is -4.64. The molecule has 0 aliphatic carbocycles. The number of ether oxygens (including phenoxy) is 1. The molecular weight excluding hydrogens is 489 g/mol. The summed E-state index contributed by atoms with van der Waals surface area (Å²) in [6, 6.07) is 19.9. The van der Waals surface area contributed by atoms with Crippen molar-refractivity contribution in [2.75, 3.05) is 0 Å². The number of hydrogen-bond donors (Lipinski definition) is 0. The van der Waals surface area contributed by atoms with Crippen LogP contribution in [-0.2, 0) is 18.5 Å². The monoisotopic (exact) mass is 505 g/mol. The van der Waals surface area contributed by atoms with Gasteiger partial charge in [0.25, 0.3) is 11.8 Å². The Morgan fingerprint density at radius 3 is 2.58 bits per heavy atom. The van der Waals surface area contributed by atoms with Gasteiger partial charge in [0.05, 0.1) is 5.56 Å². The van der Waals surface area contributed by atoms with Gasteiger partial charge < -0.3 is 14.0 Å². The maximum Gasteiger partial charge on any atom is 0.257 e. The molecule has 0 saturated carbocycles. The molecule has 5 rings (SSSR count). The topological polar surface area (TPSA) is 113 Å². The lowest BCUT2D eigenvalue weighted by molar-refractivity contribution is 0.111. The van der Waals surface area contributed by atoms with Crippen molar-refractivity contribution in [2.45, 2.75) is 6.61 Å². The summed E-state index contributed by atoms with van der Waals surface area (Å²) in [5.74, 6) is 1.21. The Bertz CT molecular complexity index is 1500. The molecule has 0 bridgehead atoms. The van der Waals surface area contributed by atoms with E-state index in [1.807, 2.05) is 30.3 Å². The lowest BCUT2D eigenvalue weighted by atomic mass is 10.1. The van der Waals surface area contributed by atoms with Crippen LogP contribution in [0.5, 0.6) is 11.5 Å². The molecule has 2 aromatic heterocycles. The van der Waals surface area contributed by atoms with Crippen molar-refractivity contribution in [1.82, 2.24) is 30.4 Å². The summed E-state index contributed by atoms with van der Waals surface area (Å²) in [4.78, 5) is 5.52. The average molecular weight is 506 g/mol. The lowest BCUT2D eigenvalue weighted by Crippen LogP contribution is -2.12. The second-order valence-electron chi connectivity index (χ2n) is 7.40. The maximum absolute atomic E-state index is 13.2. The van der Waals surface area contributed by atoms with Crippen molar-refractivity contribution in [3.05, 3.63) is 101 Å². The first-order chi connectivity index (χ1) is 17.6. The lowest BCUT2D eigenvalue weighted by Gasteiger charge is -2.09. The van der Waals surface area contributed by atoms with Crippen LogP contribution in [0, 0.1) is 5.82 Å². The van der Waals surface area contributed by atoms with E-state index >= 15 is 0 Å². The van der Waals surface area contributed by atoms with Crippen molar-refractivity contribution in [3.63, 3.8) is 0 Å². The summed E-state index contributed by atoms with van der Waals surface area (Å²) in [7, 11) is 1.70. The highest BCUT2D eigenvalue weighted by Crippen LogP contribution is 2.35. The second kappa shape index (κ2) is 10.3. The predicted octanol–water partition coefficient (Wildman–Crippen LogP) is 4.81. The molecule has 0 aliphatic heterocycles. The van der Waals surface area contributed by atoms with E-state index in [4.69, 9.17) is 25.6 Å². The summed E-state index contributed by atoms with van der Waals surface area (Å²) in [6.07, 6.45) is 0. The third-order valence-electron chi connectivity index (χ3n) is 4.91. The third-order valence-corrected chi connectivity index (χ3v) is 5.14. The highest BCUT2D eigenvalue weighted by Gasteiger charge is 2.17. The quantitative estimate of drug-likeness (QED) is 0.218. The maximum atomic E-state index is 13.2. The minimum Gasteiger partial charge on any atom is -0.456 e. The SMILES string of the molecule is Cn1nnnc1/C(=N\OCc1nnc(-c2ccc(Cl)cc2Oc2ccc(F)cc2)o1)c1ccccc1. The summed E-state index contributed by atoms with van der Waals surface area (Å²) >= 11 is 6.15. The number of tetrazole rings is 1. The smallest absolute Gasteiger partial charge is 0.257 e. The summed E-state index contributed by atoms with van der Waals surface area (Å²) in [5.41, 5.74) is 1.71. The van der Waals surface area contributed by atoms with E-state index in [9.17, 15) is 4.39 Å². The van der Waals surface area contributed by atoms with Gasteiger partial charge in [0.15, 0.2) is 12.3 Å². The Labute approximate surface area is 208 Å². The van der Waals surface area contributed by atoms with Gasteiger partial charge in [-0.15, -0.1) is 15.3 Å². The van der Waals surface area contributed by atoms with Gasteiger partial charge in [-0.3, -0.25) is 0 Å². The molecule has 36 heavy (non-hydrogen) atoms. The molecule has 0 amide bonds. The number of benzene rings is 3. The largest absolute Gasteiger partial charge is 0.456 e. The molecular formula is C24H17ClFN7O3. The minimum absolute atomic E-state index is 0.101. The Morgan fingerprint density at radius 2 is 1.83 bits per heavy atom. The van der Waals surface area contributed by atoms with Gasteiger partial charge in [-0.2, -0.15) is 0 Å². The molecule has 10 nitrogen and oxygen atoms in total. The number of aromatic nitrogens is 6. The average Bonchev–Trinajstić information content (AvgIpc) is 3.53. The molecule has 0 aliphatic rings. The molecule has 0 radical (unpaired) electrons. The zero-order chi connectivity index (χ0) is 24.9. The highest BCUT2D eigenvalue weighted by atomic mass is 35.5. The van der Waals surface area contributed by atoms with Gasteiger partial charge in [-0.25, -0.2) is 9.07 Å². The first-order valence-corrected chi connectivity index (χ1v) is 11.0. The van der Waals surface area contributed by atoms with Gasteiger partial charge in [0, 0.05) is 23.7 Å². The fraction of sp³-hybridized carbons (Fsp3) is 0.0833. The Morgan fingerprint density at radius 1 is 1.03 bits per heavy atom. The molecule has 3 aromatic carbocycles. The molecule has 5 aromatic rings. The number of oxime groups is 1. The van der Waals surface area contributed by atoms with E-state index in [0.717, 1.165) is 5.56 Å². The third kappa shape index (κ3) is 5.20. The van der Waals surface area contributed by atoms with Gasteiger partial charge in [-0.05, 0) is 46.8 Å². The van der Waals surface area contributed by atoms with Crippen LogP contribution in [0.25, 0.3) is 11.5 Å². The fourth-order valence-electron chi connectivity index (χ4n) is 3.21. The number of hydrogen-bond acceptors (Lipinski definition) is 9. The molecule has 2 heterocycles. The van der Waals surface area contributed by atoms with Crippen LogP contribution in [-0.4, -0.2) is 36.1 Å². The highest BCUT2D eigenvalue weighted by molar-refractivity contribution is 6.30. The van der Waals surface area contributed by atoms with Gasteiger partial charge in [0.1, 0.15) is 17.3 Å². The standard InChI is InChI=1S/C24H17ClFN7O3/c1-33-23(28-31-32-33)22(15-5-3-2-4-6-15)30-34-14-21-27-29-24(36-21)19-12-7-16(25)13-20(19)35-18-10-8-17(26)9-11-18/h2-13H,14H2,1H3/b30-22-. The van der Waals surface area contributed by atoms with Crippen molar-refractivity contribution in [3.8, 4) is 23.0 Å². The van der Waals surface area contributed by atoms with Gasteiger partial charge >= 0.3 is 0 Å². The van der Waals surface area contributed by atoms with Crippen molar-refractivity contribution >= 4 is 17.3 Å². The Balaban J connectivity index is 1.36. The zero-order valence-corrected chi connectivity index (χ0v) is 19.5. The molecule has 0 fully saturated rings. The normalized spacial score (nSPS) is 11.5. The van der Waals surface area contributed by atoms with E-state index in [2.05, 4.69) is 30.9 Å². The number of nitrogens with zero attached hydrogens (tertiary/aromatic N) is 7. The first kappa shape index (κ1) is 23.1. The van der Waals surface area contributed by atoms with Crippen LogP contribution in [0.2, 0.25) is 5.02 Å². The van der Waals surface area contributed by atoms with Crippen molar-refractivity contribution < 1.29 is 18.4 Å². The molecule has 180 valence electrons. The number of halogens is 2. The van der Waals surface area contributed by atoms with E-state index in [0.29, 0.717) is 33.6 Å². The van der Waals surface area contributed by atoms with E-state index in [1.54, 1.807) is 25.2 Å². The van der Waals surface area contributed by atoms with Gasteiger partial charge in [0.2, 0.25) is 5.82 Å². The van der Waals surface area contributed by atoms with E-state index < -0.39 is 0 Å². The molecule has 12 heteroatoms. The Kier molecular flexibility index (Phi) is 6.63. The van der Waals surface area contributed by atoms with E-state index in [-0.39, 0.29) is 24.2 Å². The van der Waals surface area contributed by atoms with Crippen LogP contribution < -0.4 is 4.74 Å².